The molecule has 5 aromatic rings. The van der Waals surface area contributed by atoms with E-state index in [1.54, 1.807) is 18.2 Å². The summed E-state index contributed by atoms with van der Waals surface area (Å²) in [5.41, 5.74) is 4.04. The summed E-state index contributed by atoms with van der Waals surface area (Å²) < 4.78 is 1.30. The molecular formula is C26H17Cl2N3O2S. The molecule has 0 saturated carbocycles. The molecule has 1 N–H and O–H groups in total. The van der Waals surface area contributed by atoms with Crippen LogP contribution in [0.15, 0.2) is 89.3 Å². The minimum atomic E-state index is -0.406. The highest BCUT2D eigenvalue weighted by Crippen LogP contribution is 2.32. The smallest absolute Gasteiger partial charge is 0.263 e. The van der Waals surface area contributed by atoms with Crippen LogP contribution in [0.5, 0.6) is 0 Å². The summed E-state index contributed by atoms with van der Waals surface area (Å²) >= 11 is 13.6. The van der Waals surface area contributed by atoms with Crippen LogP contribution in [0.4, 0.5) is 5.69 Å². The molecule has 5 nitrogen and oxygen atoms in total. The Morgan fingerprint density at radius 2 is 1.62 bits per heavy atom. The minimum absolute atomic E-state index is 0.202. The number of nitrogens with zero attached hydrogens (tertiary/aromatic N) is 2. The third-order valence-electron chi connectivity index (χ3n) is 5.40. The Labute approximate surface area is 209 Å². The number of thiophene rings is 1. The average Bonchev–Trinajstić information content (AvgIpc) is 3.29. The molecule has 8 heteroatoms. The maximum atomic E-state index is 13.3. The van der Waals surface area contributed by atoms with Crippen molar-refractivity contribution in [2.75, 3.05) is 5.32 Å². The van der Waals surface area contributed by atoms with E-state index in [9.17, 15) is 9.59 Å². The van der Waals surface area contributed by atoms with Crippen LogP contribution in [0.3, 0.4) is 0 Å². The van der Waals surface area contributed by atoms with Gasteiger partial charge in [-0.15, -0.1) is 11.3 Å². The van der Waals surface area contributed by atoms with Gasteiger partial charge >= 0.3 is 0 Å². The van der Waals surface area contributed by atoms with E-state index >= 15 is 0 Å². The largest absolute Gasteiger partial charge is 0.323 e. The molecule has 0 spiro atoms. The number of aromatic nitrogens is 2. The molecule has 3 aromatic carbocycles. The van der Waals surface area contributed by atoms with Crippen LogP contribution in [0.1, 0.15) is 0 Å². The molecule has 0 bridgehead atoms. The van der Waals surface area contributed by atoms with Crippen LogP contribution >= 0.6 is 34.5 Å². The van der Waals surface area contributed by atoms with Crippen molar-refractivity contribution in [1.29, 1.82) is 0 Å². The number of hydrogen-bond donors (Lipinski definition) is 1. The lowest BCUT2D eigenvalue weighted by atomic mass is 10.0. The molecule has 0 aliphatic rings. The fourth-order valence-corrected chi connectivity index (χ4v) is 4.96. The number of benzene rings is 3. The molecule has 168 valence electrons. The Hall–Kier alpha value is -3.45. The zero-order valence-electron chi connectivity index (χ0n) is 17.7. The van der Waals surface area contributed by atoms with Gasteiger partial charge in [0.2, 0.25) is 5.91 Å². The summed E-state index contributed by atoms with van der Waals surface area (Å²) in [6, 6.07) is 23.1. The number of amides is 1. The van der Waals surface area contributed by atoms with E-state index in [0.29, 0.717) is 20.9 Å². The third-order valence-corrected chi connectivity index (χ3v) is 7.11. The van der Waals surface area contributed by atoms with Crippen molar-refractivity contribution in [2.24, 2.45) is 0 Å². The summed E-state index contributed by atoms with van der Waals surface area (Å²) in [5, 5.41) is 5.70. The van der Waals surface area contributed by atoms with Crippen LogP contribution < -0.4 is 10.9 Å². The molecule has 0 aliphatic carbocycles. The maximum Gasteiger partial charge on any atom is 0.263 e. The van der Waals surface area contributed by atoms with Crippen LogP contribution in [0, 0.1) is 0 Å². The van der Waals surface area contributed by atoms with Crippen molar-refractivity contribution < 1.29 is 4.79 Å². The van der Waals surface area contributed by atoms with E-state index in [-0.39, 0.29) is 17.1 Å². The first-order valence-corrected chi connectivity index (χ1v) is 12.0. The van der Waals surface area contributed by atoms with E-state index in [4.69, 9.17) is 23.2 Å². The second-order valence-corrected chi connectivity index (χ2v) is 9.24. The number of anilines is 1. The summed E-state index contributed by atoms with van der Waals surface area (Å²) in [6.07, 6.45) is 1.39. The van der Waals surface area contributed by atoms with Gasteiger partial charge in [-0.1, -0.05) is 83.9 Å². The van der Waals surface area contributed by atoms with E-state index < -0.39 is 5.91 Å². The monoisotopic (exact) mass is 505 g/mol. The lowest BCUT2D eigenvalue weighted by molar-refractivity contribution is -0.116. The quantitative estimate of drug-likeness (QED) is 0.287. The molecular weight excluding hydrogens is 489 g/mol. The van der Waals surface area contributed by atoms with E-state index in [1.165, 1.54) is 22.2 Å². The summed E-state index contributed by atoms with van der Waals surface area (Å²) in [5.74, 6) is -0.406. The van der Waals surface area contributed by atoms with Crippen molar-refractivity contribution in [1.82, 2.24) is 9.55 Å². The van der Waals surface area contributed by atoms with Gasteiger partial charge in [0.05, 0.1) is 27.4 Å². The molecule has 34 heavy (non-hydrogen) atoms. The predicted molar refractivity (Wildman–Crippen MR) is 140 cm³/mol. The van der Waals surface area contributed by atoms with Gasteiger partial charge in [-0.25, -0.2) is 4.98 Å². The van der Waals surface area contributed by atoms with Crippen LogP contribution in [0.25, 0.3) is 32.5 Å². The van der Waals surface area contributed by atoms with E-state index in [1.807, 2.05) is 47.8 Å². The van der Waals surface area contributed by atoms with Crippen molar-refractivity contribution in [3.63, 3.8) is 0 Å². The third kappa shape index (κ3) is 4.35. The number of carbonyl (C=O) groups is 1. The number of nitrogens with one attached hydrogen (secondary N) is 1. The zero-order chi connectivity index (χ0) is 23.7. The molecule has 0 aliphatic heterocycles. The Bertz CT molecular complexity index is 1560. The Morgan fingerprint density at radius 1 is 0.912 bits per heavy atom. The number of fused-ring (bicyclic) bond motifs is 1. The van der Waals surface area contributed by atoms with Crippen molar-refractivity contribution in [3.05, 3.63) is 105 Å². The highest BCUT2D eigenvalue weighted by Gasteiger charge is 2.16. The van der Waals surface area contributed by atoms with Crippen molar-refractivity contribution >= 4 is 56.3 Å². The number of rotatable bonds is 5. The zero-order valence-corrected chi connectivity index (χ0v) is 20.0. The Morgan fingerprint density at radius 3 is 2.38 bits per heavy atom. The Kier molecular flexibility index (Phi) is 6.20. The topological polar surface area (TPSA) is 64.0 Å². The second kappa shape index (κ2) is 9.43. The molecule has 0 saturated heterocycles. The number of carbonyl (C=O) groups excluding carboxylic acids is 1. The molecule has 0 radical (unpaired) electrons. The first-order chi connectivity index (χ1) is 16.5. The van der Waals surface area contributed by atoms with Gasteiger partial charge in [-0.05, 0) is 28.8 Å². The second-order valence-electron chi connectivity index (χ2n) is 7.60. The van der Waals surface area contributed by atoms with Gasteiger partial charge in [0.25, 0.3) is 5.56 Å². The normalized spacial score (nSPS) is 11.0. The summed E-state index contributed by atoms with van der Waals surface area (Å²) in [4.78, 5) is 30.9. The molecule has 0 fully saturated rings. The fraction of sp³-hybridized carbons (Fsp3) is 0.0385. The predicted octanol–water partition coefficient (Wildman–Crippen LogP) is 6.74. The fourth-order valence-electron chi connectivity index (χ4n) is 3.71. The van der Waals surface area contributed by atoms with Gasteiger partial charge in [0.15, 0.2) is 0 Å². The lowest BCUT2D eigenvalue weighted by Gasteiger charge is -2.10. The standard InChI is InChI=1S/C26H17Cl2N3O2S/c27-20-7-4-8-21(24(20)28)30-22(32)13-31-15-29-25-23(26(31)33)19(14-34-25)18-11-9-17(10-12-18)16-5-2-1-3-6-16/h1-12,14-15H,13H2,(H,30,32). The first-order valence-electron chi connectivity index (χ1n) is 10.4. The van der Waals surface area contributed by atoms with Crippen molar-refractivity contribution in [3.8, 4) is 22.3 Å². The van der Waals surface area contributed by atoms with Gasteiger partial charge < -0.3 is 5.32 Å². The highest BCUT2D eigenvalue weighted by atomic mass is 35.5. The molecule has 1 amide bonds. The van der Waals surface area contributed by atoms with Gasteiger partial charge in [-0.2, -0.15) is 0 Å². The summed E-state index contributed by atoms with van der Waals surface area (Å²) in [6.45, 7) is -0.202. The maximum absolute atomic E-state index is 13.3. The van der Waals surface area contributed by atoms with Crippen LogP contribution in [-0.2, 0) is 11.3 Å². The average molecular weight is 506 g/mol. The van der Waals surface area contributed by atoms with Crippen LogP contribution in [0.2, 0.25) is 10.0 Å². The van der Waals surface area contributed by atoms with Crippen molar-refractivity contribution in [2.45, 2.75) is 6.54 Å². The van der Waals surface area contributed by atoms with E-state index in [0.717, 1.165) is 22.3 Å². The minimum Gasteiger partial charge on any atom is -0.323 e. The molecule has 2 aromatic heterocycles. The highest BCUT2D eigenvalue weighted by molar-refractivity contribution is 7.17. The SMILES string of the molecule is O=C(Cn1cnc2scc(-c3ccc(-c4ccccc4)cc3)c2c1=O)Nc1cccc(Cl)c1Cl. The number of halogens is 2. The first kappa shape index (κ1) is 22.3. The van der Waals surface area contributed by atoms with Gasteiger partial charge in [0, 0.05) is 10.9 Å². The summed E-state index contributed by atoms with van der Waals surface area (Å²) in [7, 11) is 0. The molecule has 2 heterocycles. The molecule has 0 atom stereocenters. The lowest BCUT2D eigenvalue weighted by Crippen LogP contribution is -2.27. The van der Waals surface area contributed by atoms with E-state index in [2.05, 4.69) is 22.4 Å². The van der Waals surface area contributed by atoms with Gasteiger partial charge in [0.1, 0.15) is 11.4 Å². The van der Waals surface area contributed by atoms with Gasteiger partial charge in [-0.3, -0.25) is 14.2 Å². The Balaban J connectivity index is 1.44. The molecule has 0 unspecified atom stereocenters. The van der Waals surface area contributed by atoms with Crippen LogP contribution in [-0.4, -0.2) is 15.5 Å². The molecule has 5 rings (SSSR count). The number of hydrogen-bond acceptors (Lipinski definition) is 4.